The summed E-state index contributed by atoms with van der Waals surface area (Å²) in [6.07, 6.45) is 1.58. The van der Waals surface area contributed by atoms with Gasteiger partial charge in [-0.1, -0.05) is 6.92 Å². The van der Waals surface area contributed by atoms with Crippen molar-refractivity contribution in [2.45, 2.75) is 46.5 Å². The van der Waals surface area contributed by atoms with Crippen molar-refractivity contribution in [1.82, 2.24) is 9.78 Å². The van der Waals surface area contributed by atoms with Crippen LogP contribution >= 0.6 is 0 Å². The zero-order valence-electron chi connectivity index (χ0n) is 10.3. The molecule has 0 aliphatic rings. The van der Waals surface area contributed by atoms with Gasteiger partial charge in [0.1, 0.15) is 5.78 Å². The van der Waals surface area contributed by atoms with Crippen LogP contribution in [-0.2, 0) is 11.8 Å². The Hall–Kier alpha value is -1.12. The van der Waals surface area contributed by atoms with Gasteiger partial charge in [0.05, 0.1) is 5.69 Å². The fourth-order valence-electron chi connectivity index (χ4n) is 2.07. The summed E-state index contributed by atoms with van der Waals surface area (Å²) in [7, 11) is 1.96. The highest BCUT2D eigenvalue weighted by Gasteiger charge is 2.16. The zero-order valence-corrected chi connectivity index (χ0v) is 10.3. The molecule has 0 saturated heterocycles. The lowest BCUT2D eigenvalue weighted by atomic mass is 9.94. The highest BCUT2D eigenvalue weighted by atomic mass is 16.1. The number of carbonyl (C=O) groups excluding carboxylic acids is 1. The molecule has 0 bridgehead atoms. The fourth-order valence-corrected chi connectivity index (χ4v) is 2.07. The summed E-state index contributed by atoms with van der Waals surface area (Å²) in [6.45, 7) is 7.93. The molecule has 0 spiro atoms. The first-order valence-corrected chi connectivity index (χ1v) is 5.43. The Balaban J connectivity index is 2.81. The van der Waals surface area contributed by atoms with Crippen LogP contribution in [0.15, 0.2) is 0 Å². The molecule has 0 fully saturated rings. The first-order valence-electron chi connectivity index (χ1n) is 5.43. The summed E-state index contributed by atoms with van der Waals surface area (Å²) in [5.41, 5.74) is 3.60. The Labute approximate surface area is 91.5 Å². The largest absolute Gasteiger partial charge is 0.300 e. The van der Waals surface area contributed by atoms with Crippen LogP contribution in [0, 0.1) is 13.8 Å². The van der Waals surface area contributed by atoms with Crippen molar-refractivity contribution >= 4 is 5.78 Å². The van der Waals surface area contributed by atoms with Gasteiger partial charge >= 0.3 is 0 Å². The van der Waals surface area contributed by atoms with Crippen molar-refractivity contribution in [2.75, 3.05) is 0 Å². The van der Waals surface area contributed by atoms with Gasteiger partial charge < -0.3 is 4.79 Å². The number of ketones is 1. The van der Waals surface area contributed by atoms with E-state index in [9.17, 15) is 4.79 Å². The van der Waals surface area contributed by atoms with Gasteiger partial charge in [0.15, 0.2) is 0 Å². The molecular weight excluding hydrogens is 188 g/mol. The van der Waals surface area contributed by atoms with E-state index in [1.54, 1.807) is 6.92 Å². The van der Waals surface area contributed by atoms with Crippen LogP contribution in [0.3, 0.4) is 0 Å². The third kappa shape index (κ3) is 2.67. The van der Waals surface area contributed by atoms with E-state index in [0.29, 0.717) is 12.3 Å². The molecule has 1 aromatic heterocycles. The minimum Gasteiger partial charge on any atom is -0.300 e. The molecule has 0 radical (unpaired) electrons. The van der Waals surface area contributed by atoms with Crippen molar-refractivity contribution in [3.63, 3.8) is 0 Å². The second-order valence-electron chi connectivity index (χ2n) is 4.35. The Kier molecular flexibility index (Phi) is 3.66. The summed E-state index contributed by atoms with van der Waals surface area (Å²) in [4.78, 5) is 10.9. The van der Waals surface area contributed by atoms with Crippen LogP contribution < -0.4 is 0 Å². The van der Waals surface area contributed by atoms with Gasteiger partial charge in [0, 0.05) is 19.2 Å². The molecule has 0 aromatic carbocycles. The molecule has 0 amide bonds. The first kappa shape index (κ1) is 12.0. The fraction of sp³-hybridized carbons (Fsp3) is 0.667. The molecule has 1 atom stereocenters. The van der Waals surface area contributed by atoms with Gasteiger partial charge in [-0.25, -0.2) is 0 Å². The van der Waals surface area contributed by atoms with Crippen molar-refractivity contribution < 1.29 is 4.79 Å². The predicted octanol–water partition coefficient (Wildman–Crippen LogP) is 2.51. The number of aromatic nitrogens is 2. The van der Waals surface area contributed by atoms with E-state index in [1.165, 1.54) is 11.3 Å². The molecule has 1 heterocycles. The number of hydrogen-bond acceptors (Lipinski definition) is 2. The molecule has 1 unspecified atom stereocenters. The second-order valence-corrected chi connectivity index (χ2v) is 4.35. The average Bonchev–Trinajstić information content (AvgIpc) is 2.37. The predicted molar refractivity (Wildman–Crippen MR) is 61.0 cm³/mol. The van der Waals surface area contributed by atoms with Gasteiger partial charge in [0.25, 0.3) is 0 Å². The van der Waals surface area contributed by atoms with E-state index in [4.69, 9.17) is 0 Å². The Morgan fingerprint density at radius 2 is 2.07 bits per heavy atom. The summed E-state index contributed by atoms with van der Waals surface area (Å²) >= 11 is 0. The Morgan fingerprint density at radius 1 is 1.47 bits per heavy atom. The normalized spacial score (nSPS) is 12.9. The van der Waals surface area contributed by atoms with E-state index >= 15 is 0 Å². The van der Waals surface area contributed by atoms with Crippen LogP contribution in [0.2, 0.25) is 0 Å². The second kappa shape index (κ2) is 4.60. The molecule has 0 aliphatic heterocycles. The van der Waals surface area contributed by atoms with Gasteiger partial charge in [-0.15, -0.1) is 0 Å². The molecular formula is C12H20N2O. The lowest BCUT2D eigenvalue weighted by Gasteiger charge is -2.11. The van der Waals surface area contributed by atoms with Crippen molar-refractivity contribution in [1.29, 1.82) is 0 Å². The van der Waals surface area contributed by atoms with E-state index < -0.39 is 0 Å². The van der Waals surface area contributed by atoms with Crippen LogP contribution in [0.5, 0.6) is 0 Å². The number of hydrogen-bond donors (Lipinski definition) is 0. The summed E-state index contributed by atoms with van der Waals surface area (Å²) in [6, 6.07) is 0. The minimum atomic E-state index is 0.265. The van der Waals surface area contributed by atoms with E-state index in [2.05, 4.69) is 18.9 Å². The summed E-state index contributed by atoms with van der Waals surface area (Å²) in [5.74, 6) is 0.684. The number of aryl methyl sites for hydroxylation is 2. The van der Waals surface area contributed by atoms with Gasteiger partial charge in [-0.3, -0.25) is 4.68 Å². The monoisotopic (exact) mass is 208 g/mol. The zero-order chi connectivity index (χ0) is 11.6. The highest BCUT2D eigenvalue weighted by Crippen LogP contribution is 2.26. The molecule has 1 rings (SSSR count). The van der Waals surface area contributed by atoms with E-state index in [-0.39, 0.29) is 5.78 Å². The van der Waals surface area contributed by atoms with Crippen molar-refractivity contribution in [2.24, 2.45) is 7.05 Å². The SMILES string of the molecule is CC(=O)CCC(C)c1c(C)nn(C)c1C. The smallest absolute Gasteiger partial charge is 0.129 e. The Bertz CT molecular complexity index is 366. The van der Waals surface area contributed by atoms with E-state index in [0.717, 1.165) is 12.1 Å². The number of nitrogens with zero attached hydrogens (tertiary/aromatic N) is 2. The topological polar surface area (TPSA) is 34.9 Å². The molecule has 0 N–H and O–H groups in total. The van der Waals surface area contributed by atoms with Crippen LogP contribution in [-0.4, -0.2) is 15.6 Å². The molecule has 3 nitrogen and oxygen atoms in total. The number of Topliss-reactive ketones (excluding diaryl/α,β-unsaturated/α-hetero) is 1. The lowest BCUT2D eigenvalue weighted by Crippen LogP contribution is -2.01. The molecule has 3 heteroatoms. The van der Waals surface area contributed by atoms with Crippen LogP contribution in [0.1, 0.15) is 49.6 Å². The summed E-state index contributed by atoms with van der Waals surface area (Å²) in [5, 5.41) is 4.39. The molecule has 15 heavy (non-hydrogen) atoms. The van der Waals surface area contributed by atoms with Gasteiger partial charge in [0.2, 0.25) is 0 Å². The third-order valence-corrected chi connectivity index (χ3v) is 2.99. The maximum Gasteiger partial charge on any atom is 0.129 e. The van der Waals surface area contributed by atoms with Crippen LogP contribution in [0.25, 0.3) is 0 Å². The van der Waals surface area contributed by atoms with Crippen molar-refractivity contribution in [3.05, 3.63) is 17.0 Å². The summed E-state index contributed by atoms with van der Waals surface area (Å²) < 4.78 is 1.91. The highest BCUT2D eigenvalue weighted by molar-refractivity contribution is 5.75. The Morgan fingerprint density at radius 3 is 2.47 bits per heavy atom. The molecule has 0 saturated carbocycles. The van der Waals surface area contributed by atoms with Gasteiger partial charge in [-0.05, 0) is 38.7 Å². The standard InChI is InChI=1S/C12H20N2O/c1-8(6-7-9(2)15)12-10(3)13-14(5)11(12)4/h8H,6-7H2,1-5H3. The minimum absolute atomic E-state index is 0.265. The lowest BCUT2D eigenvalue weighted by molar-refractivity contribution is -0.117. The molecule has 0 aliphatic carbocycles. The quantitative estimate of drug-likeness (QED) is 0.762. The first-order chi connectivity index (χ1) is 6.93. The average molecular weight is 208 g/mol. The molecule has 1 aromatic rings. The molecule has 84 valence electrons. The maximum atomic E-state index is 10.9. The number of carbonyl (C=O) groups is 1. The van der Waals surface area contributed by atoms with E-state index in [1.807, 2.05) is 18.7 Å². The van der Waals surface area contributed by atoms with Gasteiger partial charge in [-0.2, -0.15) is 5.10 Å². The van der Waals surface area contributed by atoms with Crippen molar-refractivity contribution in [3.8, 4) is 0 Å². The maximum absolute atomic E-state index is 10.9. The van der Waals surface area contributed by atoms with Crippen LogP contribution in [0.4, 0.5) is 0 Å². The number of rotatable bonds is 4. The third-order valence-electron chi connectivity index (χ3n) is 2.99.